The summed E-state index contributed by atoms with van der Waals surface area (Å²) in [6.07, 6.45) is 11.0. The van der Waals surface area contributed by atoms with Gasteiger partial charge in [0.15, 0.2) is 10.8 Å². The summed E-state index contributed by atoms with van der Waals surface area (Å²) in [5.74, 6) is -0.369. The summed E-state index contributed by atoms with van der Waals surface area (Å²) in [6, 6.07) is 8.06. The van der Waals surface area contributed by atoms with Crippen LogP contribution in [0.25, 0.3) is 21.4 Å². The number of imidazole rings is 1. The zero-order valence-corrected chi connectivity index (χ0v) is 15.4. The zero-order valence-electron chi connectivity index (χ0n) is 14.6. The monoisotopic (exact) mass is 379 g/mol. The van der Waals surface area contributed by atoms with E-state index in [0.29, 0.717) is 23.8 Å². The maximum Gasteiger partial charge on any atom is 0.184 e. The molecule has 0 saturated heterocycles. The van der Waals surface area contributed by atoms with Crippen LogP contribution in [0.3, 0.4) is 0 Å². The first-order chi connectivity index (χ1) is 13.2. The van der Waals surface area contributed by atoms with E-state index in [1.54, 1.807) is 17.7 Å². The lowest BCUT2D eigenvalue weighted by molar-refractivity contribution is 0.623. The smallest absolute Gasteiger partial charge is 0.184 e. The van der Waals surface area contributed by atoms with Gasteiger partial charge in [-0.25, -0.2) is 19.3 Å². The summed E-state index contributed by atoms with van der Waals surface area (Å²) in [7, 11) is 0. The molecule has 0 aliphatic heterocycles. The number of nitrogens with zero attached hydrogens (tertiary/aromatic N) is 4. The molecule has 7 heteroatoms. The molecule has 5 nitrogen and oxygen atoms in total. The van der Waals surface area contributed by atoms with Crippen LogP contribution in [0, 0.1) is 5.82 Å². The van der Waals surface area contributed by atoms with Crippen molar-refractivity contribution in [1.29, 1.82) is 0 Å². The second-order valence-corrected chi connectivity index (χ2v) is 7.83. The number of anilines is 1. The van der Waals surface area contributed by atoms with Crippen molar-refractivity contribution in [3.8, 4) is 0 Å². The van der Waals surface area contributed by atoms with Gasteiger partial charge in [0.1, 0.15) is 11.3 Å². The molecule has 27 heavy (non-hydrogen) atoms. The molecule has 0 unspecified atom stereocenters. The maximum atomic E-state index is 13.3. The number of allylic oxidation sites excluding steroid dienone is 1. The van der Waals surface area contributed by atoms with Crippen LogP contribution in [0.2, 0.25) is 0 Å². The first-order valence-corrected chi connectivity index (χ1v) is 9.85. The number of nitrogens with one attached hydrogen (secondary N) is 1. The molecule has 0 amide bonds. The van der Waals surface area contributed by atoms with E-state index in [1.807, 2.05) is 4.57 Å². The standard InChI is InChI=1S/C20H18FN5S/c21-14-9-17-19(22-10-14)26(12-23-17)11-13-6-7-16-18(8-13)27-20(25-16)24-15-4-2-1-3-5-15/h2,4,6-10,12,15H,1,3,5,11H2,(H,24,25)/t15-/m0/s1. The SMILES string of the molecule is Fc1cnc2c(c1)ncn2Cc1ccc2nc(N[C@H]3C=CCCC3)sc2c1. The van der Waals surface area contributed by atoms with Crippen molar-refractivity contribution in [3.63, 3.8) is 0 Å². The zero-order chi connectivity index (χ0) is 18.2. The van der Waals surface area contributed by atoms with Gasteiger partial charge in [0.2, 0.25) is 0 Å². The van der Waals surface area contributed by atoms with E-state index in [1.165, 1.54) is 25.1 Å². The fourth-order valence-electron chi connectivity index (χ4n) is 3.46. The van der Waals surface area contributed by atoms with E-state index in [-0.39, 0.29) is 5.82 Å². The number of hydrogen-bond donors (Lipinski definition) is 1. The Morgan fingerprint density at radius 2 is 2.19 bits per heavy atom. The molecule has 0 fully saturated rings. The maximum absolute atomic E-state index is 13.3. The highest BCUT2D eigenvalue weighted by atomic mass is 32.1. The van der Waals surface area contributed by atoms with E-state index in [4.69, 9.17) is 4.98 Å². The third-order valence-corrected chi connectivity index (χ3v) is 5.74. The molecule has 5 rings (SSSR count). The molecule has 1 N–H and O–H groups in total. The predicted molar refractivity (Wildman–Crippen MR) is 107 cm³/mol. The number of fused-ring (bicyclic) bond motifs is 2. The van der Waals surface area contributed by atoms with Gasteiger partial charge in [0, 0.05) is 12.1 Å². The fourth-order valence-corrected chi connectivity index (χ4v) is 4.45. The highest BCUT2D eigenvalue weighted by Gasteiger charge is 2.12. The summed E-state index contributed by atoms with van der Waals surface area (Å²) in [5.41, 5.74) is 3.40. The van der Waals surface area contributed by atoms with Crippen molar-refractivity contribution in [1.82, 2.24) is 19.5 Å². The predicted octanol–water partition coefficient (Wildman–Crippen LogP) is 4.75. The van der Waals surface area contributed by atoms with Gasteiger partial charge in [-0.3, -0.25) is 0 Å². The fraction of sp³-hybridized carbons (Fsp3) is 0.250. The minimum Gasteiger partial charge on any atom is -0.355 e. The van der Waals surface area contributed by atoms with Crippen LogP contribution in [0.15, 0.2) is 48.9 Å². The normalized spacial score (nSPS) is 17.0. The number of rotatable bonds is 4. The molecule has 0 bridgehead atoms. The Hall–Kier alpha value is -2.80. The van der Waals surface area contributed by atoms with Gasteiger partial charge in [-0.05, 0) is 37.0 Å². The third-order valence-electron chi connectivity index (χ3n) is 4.79. The van der Waals surface area contributed by atoms with Crippen molar-refractivity contribution in [3.05, 3.63) is 60.3 Å². The minimum atomic E-state index is -0.369. The summed E-state index contributed by atoms with van der Waals surface area (Å²) in [5, 5.41) is 4.49. The van der Waals surface area contributed by atoms with E-state index in [0.717, 1.165) is 27.3 Å². The Bertz CT molecular complexity index is 1150. The molecule has 0 spiro atoms. The second-order valence-electron chi connectivity index (χ2n) is 6.80. The van der Waals surface area contributed by atoms with Crippen molar-refractivity contribution in [2.75, 3.05) is 5.32 Å². The third kappa shape index (κ3) is 3.30. The van der Waals surface area contributed by atoms with E-state index < -0.39 is 0 Å². The van der Waals surface area contributed by atoms with Gasteiger partial charge in [0.05, 0.1) is 29.3 Å². The summed E-state index contributed by atoms with van der Waals surface area (Å²) in [6.45, 7) is 0.636. The first kappa shape index (κ1) is 16.4. The topological polar surface area (TPSA) is 55.6 Å². The Kier molecular flexibility index (Phi) is 4.09. The first-order valence-electron chi connectivity index (χ1n) is 9.04. The second kappa shape index (κ2) is 6.74. The molecule has 136 valence electrons. The van der Waals surface area contributed by atoms with E-state index in [9.17, 15) is 4.39 Å². The molecule has 4 aromatic rings. The number of hydrogen-bond acceptors (Lipinski definition) is 5. The van der Waals surface area contributed by atoms with E-state index >= 15 is 0 Å². The molecule has 0 radical (unpaired) electrons. The average Bonchev–Trinajstić information content (AvgIpc) is 3.25. The number of thiazole rings is 1. The summed E-state index contributed by atoms with van der Waals surface area (Å²) in [4.78, 5) is 13.1. The molecular weight excluding hydrogens is 361 g/mol. The highest BCUT2D eigenvalue weighted by molar-refractivity contribution is 7.22. The van der Waals surface area contributed by atoms with Crippen molar-refractivity contribution in [2.45, 2.75) is 31.8 Å². The van der Waals surface area contributed by atoms with Crippen LogP contribution in [0.1, 0.15) is 24.8 Å². The highest BCUT2D eigenvalue weighted by Crippen LogP contribution is 2.29. The number of aromatic nitrogens is 4. The number of pyridine rings is 1. The largest absolute Gasteiger partial charge is 0.355 e. The number of halogens is 1. The lowest BCUT2D eigenvalue weighted by Gasteiger charge is -2.16. The summed E-state index contributed by atoms with van der Waals surface area (Å²) < 4.78 is 16.4. The van der Waals surface area contributed by atoms with Crippen molar-refractivity contribution < 1.29 is 4.39 Å². The van der Waals surface area contributed by atoms with Crippen LogP contribution < -0.4 is 5.32 Å². The Balaban J connectivity index is 1.40. The molecule has 1 atom stereocenters. The molecule has 3 heterocycles. The van der Waals surface area contributed by atoms with Crippen LogP contribution in [0.4, 0.5) is 9.52 Å². The van der Waals surface area contributed by atoms with Crippen LogP contribution in [0.5, 0.6) is 0 Å². The molecule has 0 saturated carbocycles. The average molecular weight is 379 g/mol. The molecule has 3 aromatic heterocycles. The van der Waals surface area contributed by atoms with Gasteiger partial charge in [-0.15, -0.1) is 0 Å². The quantitative estimate of drug-likeness (QED) is 0.520. The Morgan fingerprint density at radius 3 is 3.07 bits per heavy atom. The van der Waals surface area contributed by atoms with Gasteiger partial charge in [0.25, 0.3) is 0 Å². The van der Waals surface area contributed by atoms with Crippen molar-refractivity contribution >= 4 is 37.8 Å². The van der Waals surface area contributed by atoms with Gasteiger partial charge < -0.3 is 9.88 Å². The number of benzene rings is 1. The molecule has 1 aliphatic carbocycles. The van der Waals surface area contributed by atoms with Gasteiger partial charge >= 0.3 is 0 Å². The minimum absolute atomic E-state index is 0.369. The Morgan fingerprint density at radius 1 is 1.22 bits per heavy atom. The molecular formula is C20H18FN5S. The molecule has 1 aromatic carbocycles. The van der Waals surface area contributed by atoms with Gasteiger partial charge in [-0.2, -0.15) is 0 Å². The van der Waals surface area contributed by atoms with Crippen LogP contribution in [-0.2, 0) is 6.54 Å². The lowest BCUT2D eigenvalue weighted by Crippen LogP contribution is -2.18. The van der Waals surface area contributed by atoms with E-state index in [2.05, 4.69) is 45.6 Å². The lowest BCUT2D eigenvalue weighted by atomic mass is 10.0. The van der Waals surface area contributed by atoms with Crippen molar-refractivity contribution in [2.24, 2.45) is 0 Å². The van der Waals surface area contributed by atoms with Gasteiger partial charge in [-0.1, -0.05) is 29.6 Å². The summed E-state index contributed by atoms with van der Waals surface area (Å²) >= 11 is 1.68. The van der Waals surface area contributed by atoms with Crippen LogP contribution in [-0.4, -0.2) is 25.6 Å². The van der Waals surface area contributed by atoms with Crippen LogP contribution >= 0.6 is 11.3 Å². The Labute approximate surface area is 159 Å². The molecule has 1 aliphatic rings.